The fourth-order valence-corrected chi connectivity index (χ4v) is 5.21. The Hall–Kier alpha value is -3.88. The first-order valence-corrected chi connectivity index (χ1v) is 14.2. The molecule has 1 aliphatic heterocycles. The van der Waals surface area contributed by atoms with Crippen molar-refractivity contribution in [3.8, 4) is 0 Å². The topological polar surface area (TPSA) is 189 Å². The molecular weight excluding hydrogens is 568 g/mol. The van der Waals surface area contributed by atoms with Crippen LogP contribution >= 0.6 is 11.3 Å². The van der Waals surface area contributed by atoms with Crippen molar-refractivity contribution in [1.82, 2.24) is 9.55 Å². The van der Waals surface area contributed by atoms with Crippen molar-refractivity contribution in [2.24, 2.45) is 0 Å². The molecule has 0 radical (unpaired) electrons. The van der Waals surface area contributed by atoms with E-state index in [1.54, 1.807) is 24.4 Å². The number of ether oxygens (including phenoxy) is 2. The Kier molecular flexibility index (Phi) is 10.2. The quantitative estimate of drug-likeness (QED) is 0.151. The van der Waals surface area contributed by atoms with Crippen LogP contribution in [0, 0.1) is 0 Å². The molecule has 0 bridgehead atoms. The molecule has 0 saturated carbocycles. The summed E-state index contributed by atoms with van der Waals surface area (Å²) in [7, 11) is 0. The lowest BCUT2D eigenvalue weighted by Crippen LogP contribution is -2.60. The molecule has 2 aromatic heterocycles. The number of nitrogens with zero attached hydrogens (tertiary/aromatic N) is 2. The van der Waals surface area contributed by atoms with Crippen LogP contribution in [0.4, 0.5) is 0 Å². The maximum atomic E-state index is 12.7. The summed E-state index contributed by atoms with van der Waals surface area (Å²) in [5, 5.41) is 50.8. The monoisotopic (exact) mass is 600 g/mol. The van der Waals surface area contributed by atoms with Crippen LogP contribution in [0.15, 0.2) is 53.5 Å². The first-order valence-electron chi connectivity index (χ1n) is 13.3. The third kappa shape index (κ3) is 7.30. The Morgan fingerprint density at radius 3 is 2.43 bits per heavy atom. The maximum absolute atomic E-state index is 12.7. The lowest BCUT2D eigenvalue weighted by Gasteiger charge is -2.37. The molecule has 224 valence electrons. The average Bonchev–Trinajstić information content (AvgIpc) is 3.62. The van der Waals surface area contributed by atoms with E-state index in [9.17, 15) is 39.9 Å². The van der Waals surface area contributed by atoms with Crippen molar-refractivity contribution in [1.29, 1.82) is 0 Å². The van der Waals surface area contributed by atoms with Gasteiger partial charge in [-0.15, -0.1) is 11.3 Å². The summed E-state index contributed by atoms with van der Waals surface area (Å²) >= 11 is 1.48. The van der Waals surface area contributed by atoms with Crippen LogP contribution < -0.4 is 0 Å². The van der Waals surface area contributed by atoms with E-state index in [4.69, 9.17) is 9.47 Å². The van der Waals surface area contributed by atoms with Crippen LogP contribution in [0.2, 0.25) is 0 Å². The van der Waals surface area contributed by atoms with E-state index in [2.05, 4.69) is 11.9 Å². The number of carbonyl (C=O) groups excluding carboxylic acids is 1. The Morgan fingerprint density at radius 2 is 1.81 bits per heavy atom. The van der Waals surface area contributed by atoms with Gasteiger partial charge in [0.2, 0.25) is 6.29 Å². The Bertz CT molecular complexity index is 1420. The van der Waals surface area contributed by atoms with Crippen molar-refractivity contribution in [3.05, 3.63) is 81.1 Å². The van der Waals surface area contributed by atoms with Gasteiger partial charge >= 0.3 is 17.9 Å². The number of carboxylic acid groups (broad SMARTS) is 2. The molecule has 12 nitrogen and oxygen atoms in total. The van der Waals surface area contributed by atoms with Gasteiger partial charge in [-0.3, -0.25) is 0 Å². The zero-order chi connectivity index (χ0) is 30.4. The van der Waals surface area contributed by atoms with Crippen LogP contribution in [0.25, 0.3) is 6.08 Å². The molecule has 1 aliphatic rings. The van der Waals surface area contributed by atoms with Crippen molar-refractivity contribution >= 4 is 35.3 Å². The summed E-state index contributed by atoms with van der Waals surface area (Å²) in [6, 6.07) is 10.1. The first-order chi connectivity index (χ1) is 20.1. The molecule has 1 fully saturated rings. The predicted octanol–water partition coefficient (Wildman–Crippen LogP) is 2.10. The van der Waals surface area contributed by atoms with Crippen LogP contribution in [0.1, 0.15) is 52.1 Å². The number of aliphatic hydroxyl groups excluding tert-OH is 3. The lowest BCUT2D eigenvalue weighted by atomic mass is 9.99. The molecule has 42 heavy (non-hydrogen) atoms. The molecule has 3 heterocycles. The molecule has 5 atom stereocenters. The van der Waals surface area contributed by atoms with Crippen LogP contribution in [-0.2, 0) is 38.4 Å². The van der Waals surface area contributed by atoms with Crippen LogP contribution in [0.5, 0.6) is 0 Å². The number of esters is 1. The number of thiophene rings is 1. The molecule has 0 aliphatic carbocycles. The number of hydrogen-bond acceptors (Lipinski definition) is 10. The molecular formula is C29H32N2O10S. The molecule has 1 aromatic carbocycles. The largest absolute Gasteiger partial charge is 0.479 e. The van der Waals surface area contributed by atoms with Crippen molar-refractivity contribution in [2.45, 2.75) is 69.9 Å². The van der Waals surface area contributed by atoms with Crippen molar-refractivity contribution in [2.75, 3.05) is 0 Å². The smallest absolute Gasteiger partial charge is 0.340 e. The third-order valence-electron chi connectivity index (χ3n) is 6.83. The second-order valence-electron chi connectivity index (χ2n) is 9.86. The number of aryl methyl sites for hydroxylation is 1. The van der Waals surface area contributed by atoms with E-state index in [0.717, 1.165) is 29.1 Å². The Labute approximate surface area is 245 Å². The highest BCUT2D eigenvalue weighted by molar-refractivity contribution is 7.09. The highest BCUT2D eigenvalue weighted by Gasteiger charge is 2.48. The number of carbonyl (C=O) groups is 3. The summed E-state index contributed by atoms with van der Waals surface area (Å²) in [6.45, 7) is 2.42. The lowest BCUT2D eigenvalue weighted by molar-refractivity contribution is -0.278. The van der Waals surface area contributed by atoms with Gasteiger partial charge in [0, 0.05) is 29.8 Å². The van der Waals surface area contributed by atoms with Gasteiger partial charge in [0.1, 0.15) is 24.1 Å². The fraction of sp³-hybridized carbons (Fsp3) is 0.379. The first kappa shape index (κ1) is 31.1. The zero-order valence-electron chi connectivity index (χ0n) is 22.7. The summed E-state index contributed by atoms with van der Waals surface area (Å²) in [6.07, 6.45) is -3.25. The molecule has 0 amide bonds. The molecule has 4 rings (SSSR count). The van der Waals surface area contributed by atoms with E-state index in [1.807, 2.05) is 22.1 Å². The predicted molar refractivity (Wildman–Crippen MR) is 150 cm³/mol. The SMILES string of the molecule is CCCCc1ncc(/C=C(\Cc2cccs2)C(=O)O)n1Cc1ccc(C(=O)O[C@H]2OC(C(=O)O)[C@H](O)[C@@H](O)[C@H]2O)cc1. The second-order valence-corrected chi connectivity index (χ2v) is 10.9. The van der Waals surface area contributed by atoms with Gasteiger partial charge in [0.15, 0.2) is 6.10 Å². The molecule has 3 aromatic rings. The molecule has 13 heteroatoms. The molecule has 1 saturated heterocycles. The normalized spacial score (nSPS) is 22.6. The van der Waals surface area contributed by atoms with Gasteiger partial charge in [-0.2, -0.15) is 0 Å². The molecule has 0 spiro atoms. The average molecular weight is 601 g/mol. The van der Waals surface area contributed by atoms with Crippen molar-refractivity contribution < 1.29 is 49.4 Å². The summed E-state index contributed by atoms with van der Waals surface area (Å²) in [5.74, 6) is -2.75. The summed E-state index contributed by atoms with van der Waals surface area (Å²) < 4.78 is 12.0. The highest BCUT2D eigenvalue weighted by Crippen LogP contribution is 2.24. The van der Waals surface area contributed by atoms with Gasteiger partial charge in [-0.05, 0) is 41.6 Å². The minimum Gasteiger partial charge on any atom is -0.479 e. The van der Waals surface area contributed by atoms with E-state index in [-0.39, 0.29) is 17.6 Å². The van der Waals surface area contributed by atoms with Gasteiger partial charge in [-0.1, -0.05) is 31.5 Å². The fourth-order valence-electron chi connectivity index (χ4n) is 4.48. The van der Waals surface area contributed by atoms with Gasteiger partial charge in [0.25, 0.3) is 0 Å². The van der Waals surface area contributed by atoms with E-state index < -0.39 is 48.6 Å². The molecule has 5 N–H and O–H groups in total. The van der Waals surface area contributed by atoms with Gasteiger partial charge in [-0.25, -0.2) is 19.4 Å². The number of carboxylic acids is 2. The minimum absolute atomic E-state index is 0.0723. The van der Waals surface area contributed by atoms with E-state index in [1.165, 1.54) is 23.5 Å². The Balaban J connectivity index is 1.52. The Morgan fingerprint density at radius 1 is 1.07 bits per heavy atom. The van der Waals surface area contributed by atoms with Crippen LogP contribution in [-0.4, -0.2) is 83.7 Å². The standard InChI is InChI=1S/C29H32N2O10S/c1-2-3-6-21-30-14-19(12-18(26(35)36)13-20-5-4-11-42-20)31(21)15-16-7-9-17(10-8-16)28(39)41-29-24(34)22(32)23(33)25(40-29)27(37)38/h4-5,7-12,14,22-25,29,32-34H,2-3,6,13,15H2,1H3,(H,35,36)(H,37,38)/b18-12+/t22-,23-,24-,25?,29-/m1/s1. The van der Waals surface area contributed by atoms with Gasteiger partial charge < -0.3 is 39.6 Å². The number of aliphatic carboxylic acids is 2. The number of aromatic nitrogens is 2. The zero-order valence-corrected chi connectivity index (χ0v) is 23.5. The second kappa shape index (κ2) is 13.9. The third-order valence-corrected chi connectivity index (χ3v) is 7.71. The number of hydrogen-bond donors (Lipinski definition) is 5. The highest BCUT2D eigenvalue weighted by atomic mass is 32.1. The number of unbranched alkanes of at least 4 members (excludes halogenated alkanes) is 1. The van der Waals surface area contributed by atoms with E-state index in [0.29, 0.717) is 18.7 Å². The van der Waals surface area contributed by atoms with E-state index >= 15 is 0 Å². The van der Waals surface area contributed by atoms with Crippen molar-refractivity contribution in [3.63, 3.8) is 0 Å². The molecule has 1 unspecified atom stereocenters. The number of imidazole rings is 1. The minimum atomic E-state index is -1.90. The maximum Gasteiger partial charge on any atom is 0.340 e. The summed E-state index contributed by atoms with van der Waals surface area (Å²) in [4.78, 5) is 41.5. The summed E-state index contributed by atoms with van der Waals surface area (Å²) in [5.41, 5.74) is 1.72. The van der Waals surface area contributed by atoms with Crippen LogP contribution in [0.3, 0.4) is 0 Å². The number of rotatable bonds is 12. The number of benzene rings is 1. The number of aliphatic hydroxyl groups is 3. The van der Waals surface area contributed by atoms with Gasteiger partial charge in [0.05, 0.1) is 17.5 Å².